The minimum atomic E-state index is -0.0268. The van der Waals surface area contributed by atoms with E-state index < -0.39 is 0 Å². The van der Waals surface area contributed by atoms with Gasteiger partial charge in [0.2, 0.25) is 0 Å². The zero-order valence-corrected chi connectivity index (χ0v) is 24.7. The summed E-state index contributed by atoms with van der Waals surface area (Å²) in [6.07, 6.45) is 1.59. The van der Waals surface area contributed by atoms with E-state index >= 15 is 0 Å². The molecular weight excluding hydrogens is 544 g/mol. The molecule has 0 saturated carbocycles. The first-order valence-electron chi connectivity index (χ1n) is 13.9. The Bertz CT molecular complexity index is 1750. The summed E-state index contributed by atoms with van der Waals surface area (Å²) >= 11 is 12.5. The van der Waals surface area contributed by atoms with Gasteiger partial charge in [-0.2, -0.15) is 5.10 Å². The molecule has 1 aromatic heterocycles. The quantitative estimate of drug-likeness (QED) is 0.207. The summed E-state index contributed by atoms with van der Waals surface area (Å²) in [5.74, 6) is 0. The van der Waals surface area contributed by atoms with E-state index in [1.807, 2.05) is 35.3 Å². The summed E-state index contributed by atoms with van der Waals surface area (Å²) in [6, 6.07) is 35.3. The van der Waals surface area contributed by atoms with E-state index in [-0.39, 0.29) is 6.04 Å². The molecule has 1 aliphatic rings. The molecule has 1 N–H and O–H groups in total. The second-order valence-corrected chi connectivity index (χ2v) is 11.2. The third-order valence-electron chi connectivity index (χ3n) is 7.68. The average molecular weight is 575 g/mol. The molecule has 0 spiro atoms. The fourth-order valence-corrected chi connectivity index (χ4v) is 6.15. The van der Waals surface area contributed by atoms with Crippen LogP contribution in [0.15, 0.2) is 108 Å². The van der Waals surface area contributed by atoms with Crippen molar-refractivity contribution in [1.82, 2.24) is 15.3 Å². The number of pyridine rings is 1. The number of nitrogens with zero attached hydrogens (tertiary/aromatic N) is 3. The maximum Gasteiger partial charge on any atom is 0.190 e. The van der Waals surface area contributed by atoms with Gasteiger partial charge in [0, 0.05) is 40.2 Å². The highest BCUT2D eigenvalue weighted by atomic mass is 35.5. The van der Waals surface area contributed by atoms with Crippen LogP contribution in [0, 0.1) is 13.8 Å². The normalized spacial score (nSPS) is 14.8. The van der Waals surface area contributed by atoms with E-state index in [0.717, 1.165) is 52.0 Å². The molecule has 0 radical (unpaired) electrons. The van der Waals surface area contributed by atoms with E-state index in [4.69, 9.17) is 33.9 Å². The SMILES string of the molecule is Cc1ccccc1[C@@H]1CC(c2c(C)nc3ccc(Cl)cc3c2-c2ccccc2)=NN1C(=S)NCCc1ccccc1. The van der Waals surface area contributed by atoms with Crippen molar-refractivity contribution in [3.63, 3.8) is 0 Å². The topological polar surface area (TPSA) is 40.5 Å². The first kappa shape index (κ1) is 27.1. The minimum Gasteiger partial charge on any atom is -0.361 e. The number of fused-ring (bicyclic) bond motifs is 1. The lowest BCUT2D eigenvalue weighted by molar-refractivity contribution is 0.363. The number of aryl methyl sites for hydroxylation is 2. The predicted molar refractivity (Wildman–Crippen MR) is 175 cm³/mol. The Balaban J connectivity index is 1.44. The summed E-state index contributed by atoms with van der Waals surface area (Å²) in [6.45, 7) is 4.95. The second-order valence-electron chi connectivity index (χ2n) is 10.4. The van der Waals surface area contributed by atoms with Crippen molar-refractivity contribution in [2.45, 2.75) is 32.7 Å². The largest absolute Gasteiger partial charge is 0.361 e. The van der Waals surface area contributed by atoms with Crippen LogP contribution in [0.25, 0.3) is 22.0 Å². The van der Waals surface area contributed by atoms with Crippen LogP contribution in [0.1, 0.15) is 40.4 Å². The van der Waals surface area contributed by atoms with Gasteiger partial charge in [0.25, 0.3) is 0 Å². The van der Waals surface area contributed by atoms with Crippen LogP contribution >= 0.6 is 23.8 Å². The summed E-state index contributed by atoms with van der Waals surface area (Å²) in [5, 5.41) is 13.0. The summed E-state index contributed by atoms with van der Waals surface area (Å²) in [7, 11) is 0. The van der Waals surface area contributed by atoms with E-state index in [0.29, 0.717) is 16.6 Å². The Kier molecular flexibility index (Phi) is 7.82. The van der Waals surface area contributed by atoms with Crippen molar-refractivity contribution < 1.29 is 0 Å². The Morgan fingerprint density at radius 3 is 2.37 bits per heavy atom. The zero-order valence-electron chi connectivity index (χ0n) is 23.1. The molecule has 0 saturated heterocycles. The van der Waals surface area contributed by atoms with Crippen LogP contribution < -0.4 is 5.32 Å². The molecule has 0 unspecified atom stereocenters. The van der Waals surface area contributed by atoms with E-state index in [1.54, 1.807) is 0 Å². The third kappa shape index (κ3) is 5.61. The maximum atomic E-state index is 6.52. The maximum absolute atomic E-state index is 6.52. The Hall–Kier alpha value is -4.06. The smallest absolute Gasteiger partial charge is 0.190 e. The Morgan fingerprint density at radius 2 is 1.61 bits per heavy atom. The highest BCUT2D eigenvalue weighted by Gasteiger charge is 2.34. The van der Waals surface area contributed by atoms with Gasteiger partial charge in [-0.15, -0.1) is 0 Å². The fraction of sp³-hybridized carbons (Fsp3) is 0.171. The number of hydrogen-bond acceptors (Lipinski definition) is 3. The van der Waals surface area contributed by atoms with Gasteiger partial charge in [-0.3, -0.25) is 4.98 Å². The minimum absolute atomic E-state index is 0.0268. The molecule has 4 nitrogen and oxygen atoms in total. The number of halogens is 1. The Morgan fingerprint density at radius 1 is 0.902 bits per heavy atom. The van der Waals surface area contributed by atoms with Gasteiger partial charge in [0.15, 0.2) is 5.11 Å². The van der Waals surface area contributed by atoms with Crippen LogP contribution in [0.5, 0.6) is 0 Å². The number of rotatable bonds is 6. The first-order chi connectivity index (χ1) is 20.0. The number of aromatic nitrogens is 1. The molecule has 0 fully saturated rings. The van der Waals surface area contributed by atoms with E-state index in [2.05, 4.69) is 92.0 Å². The number of benzene rings is 4. The molecule has 6 rings (SSSR count). The monoisotopic (exact) mass is 574 g/mol. The van der Waals surface area contributed by atoms with Crippen LogP contribution in [0.2, 0.25) is 5.02 Å². The molecule has 4 aromatic carbocycles. The molecule has 5 aromatic rings. The molecule has 6 heteroatoms. The summed E-state index contributed by atoms with van der Waals surface area (Å²) in [5.41, 5.74) is 9.77. The standard InChI is InChI=1S/C35H31ClN4S/c1-23-11-9-10-16-28(23)32-22-31(39-40(32)35(41)37-20-19-25-12-5-3-6-13-25)33-24(2)38-30-18-17-27(36)21-29(30)34(33)26-14-7-4-8-15-26/h3-18,21,32H,19-20,22H2,1-2H3,(H,37,41)/t32-/m0/s1. The van der Waals surface area contributed by atoms with Gasteiger partial charge in [-0.05, 0) is 72.9 Å². The van der Waals surface area contributed by atoms with Crippen molar-refractivity contribution >= 4 is 45.5 Å². The van der Waals surface area contributed by atoms with Gasteiger partial charge in [0.1, 0.15) is 0 Å². The van der Waals surface area contributed by atoms with Crippen molar-refractivity contribution in [3.8, 4) is 11.1 Å². The molecule has 1 aliphatic heterocycles. The van der Waals surface area contributed by atoms with Crippen molar-refractivity contribution in [2.24, 2.45) is 5.10 Å². The number of nitrogens with one attached hydrogen (secondary N) is 1. The lowest BCUT2D eigenvalue weighted by Crippen LogP contribution is -2.37. The van der Waals surface area contributed by atoms with Gasteiger partial charge in [-0.1, -0.05) is 96.5 Å². The number of hydrogen-bond donors (Lipinski definition) is 1. The first-order valence-corrected chi connectivity index (χ1v) is 14.7. The summed E-state index contributed by atoms with van der Waals surface area (Å²) in [4.78, 5) is 5.01. The van der Waals surface area contributed by atoms with Crippen LogP contribution in [-0.4, -0.2) is 27.4 Å². The van der Waals surface area contributed by atoms with Gasteiger partial charge in [0.05, 0.1) is 17.3 Å². The lowest BCUT2D eigenvalue weighted by Gasteiger charge is -2.26. The Labute approximate surface area is 251 Å². The molecule has 2 heterocycles. The van der Waals surface area contributed by atoms with Crippen LogP contribution in [0.3, 0.4) is 0 Å². The molecule has 1 atom stereocenters. The molecular formula is C35H31ClN4S. The predicted octanol–water partition coefficient (Wildman–Crippen LogP) is 8.44. The highest BCUT2D eigenvalue weighted by Crippen LogP contribution is 2.40. The van der Waals surface area contributed by atoms with Gasteiger partial charge < -0.3 is 5.32 Å². The lowest BCUT2D eigenvalue weighted by atomic mass is 9.88. The van der Waals surface area contributed by atoms with Crippen molar-refractivity contribution in [2.75, 3.05) is 6.54 Å². The second kappa shape index (κ2) is 11.8. The molecule has 0 aliphatic carbocycles. The summed E-state index contributed by atoms with van der Waals surface area (Å²) < 4.78 is 0. The van der Waals surface area contributed by atoms with Gasteiger partial charge >= 0.3 is 0 Å². The third-order valence-corrected chi connectivity index (χ3v) is 8.24. The van der Waals surface area contributed by atoms with Crippen LogP contribution in [0.4, 0.5) is 0 Å². The average Bonchev–Trinajstić information content (AvgIpc) is 3.43. The number of thiocarbonyl (C=S) groups is 1. The van der Waals surface area contributed by atoms with E-state index in [9.17, 15) is 0 Å². The molecule has 41 heavy (non-hydrogen) atoms. The van der Waals surface area contributed by atoms with Crippen molar-refractivity contribution in [1.29, 1.82) is 0 Å². The van der Waals surface area contributed by atoms with Crippen molar-refractivity contribution in [3.05, 3.63) is 136 Å². The molecule has 0 bridgehead atoms. The zero-order chi connectivity index (χ0) is 28.3. The molecule has 204 valence electrons. The molecule has 0 amide bonds. The number of hydrazone groups is 1. The van der Waals surface area contributed by atoms with E-state index in [1.165, 1.54) is 16.7 Å². The highest BCUT2D eigenvalue weighted by molar-refractivity contribution is 7.80. The van der Waals surface area contributed by atoms with Gasteiger partial charge in [-0.25, -0.2) is 5.01 Å². The fourth-order valence-electron chi connectivity index (χ4n) is 5.71. The van der Waals surface area contributed by atoms with Crippen LogP contribution in [-0.2, 0) is 6.42 Å².